The van der Waals surface area contributed by atoms with Crippen molar-refractivity contribution in [1.29, 1.82) is 0 Å². The van der Waals surface area contributed by atoms with Gasteiger partial charge in [0.1, 0.15) is 0 Å². The molecule has 88 valence electrons. The molecule has 0 atom stereocenters. The molecule has 1 aromatic carbocycles. The van der Waals surface area contributed by atoms with Gasteiger partial charge in [0.05, 0.1) is 5.69 Å². The monoisotopic (exact) mass is 220 g/mol. The fourth-order valence-corrected chi connectivity index (χ4v) is 1.90. The van der Waals surface area contributed by atoms with Gasteiger partial charge in [0.2, 0.25) is 0 Å². The minimum atomic E-state index is 0.821. The Morgan fingerprint density at radius 2 is 1.88 bits per heavy atom. The van der Waals surface area contributed by atoms with E-state index in [-0.39, 0.29) is 0 Å². The molecule has 1 aromatic rings. The van der Waals surface area contributed by atoms with Gasteiger partial charge in [-0.15, -0.1) is 0 Å². The van der Waals surface area contributed by atoms with Crippen molar-refractivity contribution in [2.45, 2.75) is 6.92 Å². The zero-order valence-corrected chi connectivity index (χ0v) is 10.0. The summed E-state index contributed by atoms with van der Waals surface area (Å²) < 4.78 is 0. The van der Waals surface area contributed by atoms with Crippen LogP contribution in [0.25, 0.3) is 0 Å². The second-order valence-electron chi connectivity index (χ2n) is 4.48. The van der Waals surface area contributed by atoms with E-state index >= 15 is 0 Å². The Labute approximate surface area is 97.0 Å². The quantitative estimate of drug-likeness (QED) is 0.734. The van der Waals surface area contributed by atoms with Gasteiger partial charge in [0.15, 0.2) is 0 Å². The number of benzene rings is 1. The van der Waals surface area contributed by atoms with E-state index in [1.54, 1.807) is 0 Å². The highest BCUT2D eigenvalue weighted by atomic mass is 15.5. The van der Waals surface area contributed by atoms with E-state index in [4.69, 9.17) is 5.73 Å². The van der Waals surface area contributed by atoms with Crippen LogP contribution in [0.2, 0.25) is 0 Å². The van der Waals surface area contributed by atoms with Crippen LogP contribution in [-0.2, 0) is 0 Å². The van der Waals surface area contributed by atoms with Crippen LogP contribution in [0, 0.1) is 6.92 Å². The summed E-state index contributed by atoms with van der Waals surface area (Å²) in [5.41, 5.74) is 12.3. The van der Waals surface area contributed by atoms with E-state index in [1.807, 2.05) is 18.2 Å². The first kappa shape index (κ1) is 11.2. The lowest BCUT2D eigenvalue weighted by molar-refractivity contribution is 0.179. The lowest BCUT2D eigenvalue weighted by Crippen LogP contribution is -2.47. The van der Waals surface area contributed by atoms with Crippen molar-refractivity contribution in [1.82, 2.24) is 9.91 Å². The molecule has 4 heteroatoms. The number of anilines is 2. The molecular formula is C12H20N4. The van der Waals surface area contributed by atoms with Crippen molar-refractivity contribution in [3.05, 3.63) is 23.8 Å². The molecule has 0 spiro atoms. The van der Waals surface area contributed by atoms with Crippen molar-refractivity contribution in [2.75, 3.05) is 44.4 Å². The summed E-state index contributed by atoms with van der Waals surface area (Å²) in [6.07, 6.45) is 0. The first-order valence-electron chi connectivity index (χ1n) is 5.71. The summed E-state index contributed by atoms with van der Waals surface area (Å²) in [5.74, 6) is 0. The molecule has 1 heterocycles. The second kappa shape index (κ2) is 4.72. The summed E-state index contributed by atoms with van der Waals surface area (Å²) in [5, 5.41) is 2.26. The van der Waals surface area contributed by atoms with E-state index in [0.29, 0.717) is 0 Å². The molecule has 0 bridgehead atoms. The molecule has 1 saturated heterocycles. The summed E-state index contributed by atoms with van der Waals surface area (Å²) in [7, 11) is 2.16. The number of nitrogens with two attached hydrogens (primary N) is 1. The predicted molar refractivity (Wildman–Crippen MR) is 68.3 cm³/mol. The lowest BCUT2D eigenvalue weighted by atomic mass is 10.2. The van der Waals surface area contributed by atoms with E-state index < -0.39 is 0 Å². The Hall–Kier alpha value is -1.26. The molecule has 0 aromatic heterocycles. The smallest absolute Gasteiger partial charge is 0.0520 e. The van der Waals surface area contributed by atoms with E-state index in [9.17, 15) is 0 Å². The Kier molecular flexibility index (Phi) is 3.31. The van der Waals surface area contributed by atoms with Crippen molar-refractivity contribution in [2.24, 2.45) is 0 Å². The molecule has 0 aliphatic carbocycles. The molecular weight excluding hydrogens is 200 g/mol. The van der Waals surface area contributed by atoms with Gasteiger partial charge < -0.3 is 16.1 Å². The van der Waals surface area contributed by atoms with Crippen LogP contribution in [0.3, 0.4) is 0 Å². The molecule has 0 saturated carbocycles. The fourth-order valence-electron chi connectivity index (χ4n) is 1.90. The van der Waals surface area contributed by atoms with Crippen LogP contribution in [0.5, 0.6) is 0 Å². The number of nitrogen functional groups attached to an aromatic ring is 1. The molecule has 16 heavy (non-hydrogen) atoms. The van der Waals surface area contributed by atoms with Gasteiger partial charge in [-0.2, -0.15) is 0 Å². The third kappa shape index (κ3) is 2.65. The van der Waals surface area contributed by atoms with Crippen LogP contribution in [0.1, 0.15) is 5.56 Å². The largest absolute Gasteiger partial charge is 0.399 e. The van der Waals surface area contributed by atoms with Crippen LogP contribution in [0.4, 0.5) is 11.4 Å². The molecule has 1 aliphatic heterocycles. The molecule has 2 rings (SSSR count). The van der Waals surface area contributed by atoms with Crippen molar-refractivity contribution in [3.8, 4) is 0 Å². The van der Waals surface area contributed by atoms with Gasteiger partial charge in [-0.1, -0.05) is 0 Å². The molecule has 0 amide bonds. The highest BCUT2D eigenvalue weighted by Crippen LogP contribution is 2.18. The third-order valence-corrected chi connectivity index (χ3v) is 3.03. The summed E-state index contributed by atoms with van der Waals surface area (Å²) in [4.78, 5) is 2.34. The van der Waals surface area contributed by atoms with Crippen LogP contribution < -0.4 is 11.2 Å². The maximum absolute atomic E-state index is 5.73. The van der Waals surface area contributed by atoms with Crippen LogP contribution >= 0.6 is 0 Å². The Balaban J connectivity index is 1.98. The van der Waals surface area contributed by atoms with Crippen LogP contribution in [0.15, 0.2) is 18.2 Å². The molecule has 4 nitrogen and oxygen atoms in total. The number of piperazine rings is 1. The third-order valence-electron chi connectivity index (χ3n) is 3.03. The van der Waals surface area contributed by atoms with Gasteiger partial charge >= 0.3 is 0 Å². The molecule has 0 unspecified atom stereocenters. The number of rotatable bonds is 2. The normalized spacial score (nSPS) is 18.6. The van der Waals surface area contributed by atoms with Gasteiger partial charge in [-0.3, -0.25) is 0 Å². The zero-order chi connectivity index (χ0) is 11.5. The highest BCUT2D eigenvalue weighted by Gasteiger charge is 2.13. The van der Waals surface area contributed by atoms with E-state index in [0.717, 1.165) is 37.6 Å². The SMILES string of the molecule is Cc1cc(N)ccc1NN1CCN(C)CC1. The first-order chi connectivity index (χ1) is 7.65. The zero-order valence-electron chi connectivity index (χ0n) is 10.0. The maximum Gasteiger partial charge on any atom is 0.0520 e. The summed E-state index contributed by atoms with van der Waals surface area (Å²) in [6.45, 7) is 6.41. The average molecular weight is 220 g/mol. The van der Waals surface area contributed by atoms with E-state index in [2.05, 4.69) is 29.3 Å². The van der Waals surface area contributed by atoms with Crippen molar-refractivity contribution in [3.63, 3.8) is 0 Å². The Morgan fingerprint density at radius 3 is 2.50 bits per heavy atom. The predicted octanol–water partition coefficient (Wildman–Crippen LogP) is 1.15. The average Bonchev–Trinajstić information content (AvgIpc) is 2.25. The molecule has 0 radical (unpaired) electrons. The number of nitrogens with zero attached hydrogens (tertiary/aromatic N) is 2. The van der Waals surface area contributed by atoms with Gasteiger partial charge in [0.25, 0.3) is 0 Å². The topological polar surface area (TPSA) is 44.5 Å². The van der Waals surface area contributed by atoms with Gasteiger partial charge in [-0.25, -0.2) is 5.01 Å². The Morgan fingerprint density at radius 1 is 1.19 bits per heavy atom. The van der Waals surface area contributed by atoms with Gasteiger partial charge in [0, 0.05) is 31.9 Å². The standard InChI is InChI=1S/C12H20N4/c1-10-9-11(13)3-4-12(10)14-16-7-5-15(2)6-8-16/h3-4,9,14H,5-8,13H2,1-2H3. The van der Waals surface area contributed by atoms with Gasteiger partial charge in [-0.05, 0) is 37.7 Å². The molecule has 3 N–H and O–H groups in total. The van der Waals surface area contributed by atoms with Crippen molar-refractivity contribution < 1.29 is 0 Å². The highest BCUT2D eigenvalue weighted by molar-refractivity contribution is 5.56. The number of nitrogens with one attached hydrogen (secondary N) is 1. The molecule has 1 aliphatic rings. The van der Waals surface area contributed by atoms with Crippen molar-refractivity contribution >= 4 is 11.4 Å². The number of hydrazine groups is 1. The minimum absolute atomic E-state index is 0.821. The van der Waals surface area contributed by atoms with E-state index in [1.165, 1.54) is 5.56 Å². The fraction of sp³-hybridized carbons (Fsp3) is 0.500. The minimum Gasteiger partial charge on any atom is -0.399 e. The number of hydrogen-bond donors (Lipinski definition) is 2. The summed E-state index contributed by atoms with van der Waals surface area (Å²) >= 11 is 0. The second-order valence-corrected chi connectivity index (χ2v) is 4.48. The number of hydrogen-bond acceptors (Lipinski definition) is 4. The molecule has 1 fully saturated rings. The van der Waals surface area contributed by atoms with Crippen LogP contribution in [-0.4, -0.2) is 43.1 Å². The summed E-state index contributed by atoms with van der Waals surface area (Å²) in [6, 6.07) is 5.98. The first-order valence-corrected chi connectivity index (χ1v) is 5.71. The lowest BCUT2D eigenvalue weighted by Gasteiger charge is -2.33. The number of aryl methyl sites for hydroxylation is 1. The maximum atomic E-state index is 5.73. The number of likely N-dealkylation sites (N-methyl/N-ethyl adjacent to an activating group) is 1. The Bertz CT molecular complexity index is 356.